The SMILES string of the molecule is O=P(O)(O)OC1(CCCCC(O)CCCCC2(OP(=O)(O)O)CC2)CC1. The van der Waals surface area contributed by atoms with E-state index in [9.17, 15) is 14.2 Å². The Bertz CT molecular complexity index is 499. The van der Waals surface area contributed by atoms with Crippen LogP contribution in [-0.2, 0) is 18.2 Å². The van der Waals surface area contributed by atoms with E-state index in [1.54, 1.807) is 0 Å². The third kappa shape index (κ3) is 8.91. The second-order valence-corrected chi connectivity index (χ2v) is 10.0. The molecule has 0 aromatic rings. The van der Waals surface area contributed by atoms with E-state index in [1.807, 2.05) is 0 Å². The average Bonchev–Trinajstić information content (AvgIpc) is 3.37. The van der Waals surface area contributed by atoms with Crippen molar-refractivity contribution in [2.24, 2.45) is 0 Å². The van der Waals surface area contributed by atoms with Gasteiger partial charge in [-0.15, -0.1) is 0 Å². The van der Waals surface area contributed by atoms with Crippen molar-refractivity contribution in [3.05, 3.63) is 0 Å². The molecule has 11 heteroatoms. The van der Waals surface area contributed by atoms with E-state index in [1.165, 1.54) is 0 Å². The molecule has 2 aliphatic rings. The average molecular weight is 416 g/mol. The summed E-state index contributed by atoms with van der Waals surface area (Å²) in [5, 5.41) is 10.0. The van der Waals surface area contributed by atoms with E-state index >= 15 is 0 Å². The lowest BCUT2D eigenvalue weighted by Gasteiger charge is -2.18. The Hall–Kier alpha value is 0.180. The Kier molecular flexibility index (Phi) is 7.50. The summed E-state index contributed by atoms with van der Waals surface area (Å²) in [6, 6.07) is 0. The topological polar surface area (TPSA) is 154 Å². The Balaban J connectivity index is 1.50. The normalized spacial score (nSPS) is 21.2. The monoisotopic (exact) mass is 416 g/mol. The first-order chi connectivity index (χ1) is 11.9. The first kappa shape index (κ1) is 22.5. The first-order valence-electron chi connectivity index (χ1n) is 9.13. The number of hydrogen-bond acceptors (Lipinski definition) is 5. The number of unbranched alkanes of at least 4 members (excludes halogenated alkanes) is 2. The van der Waals surface area contributed by atoms with Crippen molar-refractivity contribution in [1.29, 1.82) is 0 Å². The predicted molar refractivity (Wildman–Crippen MR) is 93.1 cm³/mol. The van der Waals surface area contributed by atoms with Crippen LogP contribution in [0.15, 0.2) is 0 Å². The zero-order valence-corrected chi connectivity index (χ0v) is 16.6. The van der Waals surface area contributed by atoms with Gasteiger partial charge in [0.15, 0.2) is 0 Å². The lowest BCUT2D eigenvalue weighted by Crippen LogP contribution is -2.14. The molecule has 0 amide bonds. The molecule has 2 aliphatic carbocycles. The van der Waals surface area contributed by atoms with Gasteiger partial charge in [-0.1, -0.05) is 25.7 Å². The first-order valence-corrected chi connectivity index (χ1v) is 12.2. The molecule has 9 nitrogen and oxygen atoms in total. The van der Waals surface area contributed by atoms with Gasteiger partial charge < -0.3 is 24.7 Å². The molecule has 0 aliphatic heterocycles. The van der Waals surface area contributed by atoms with Crippen LogP contribution in [0, 0.1) is 0 Å². The zero-order chi connectivity index (χ0) is 19.5. The molecule has 5 N–H and O–H groups in total. The maximum atomic E-state index is 10.9. The quantitative estimate of drug-likeness (QED) is 0.212. The van der Waals surface area contributed by atoms with Gasteiger partial charge in [-0.2, -0.15) is 0 Å². The lowest BCUT2D eigenvalue weighted by atomic mass is 10.0. The molecule has 2 rings (SSSR count). The van der Waals surface area contributed by atoms with Crippen LogP contribution in [0.3, 0.4) is 0 Å². The predicted octanol–water partition coefficient (Wildman–Crippen LogP) is 2.75. The van der Waals surface area contributed by atoms with Gasteiger partial charge in [0.05, 0.1) is 17.3 Å². The molecular formula is C15H30O9P2. The molecule has 26 heavy (non-hydrogen) atoms. The van der Waals surface area contributed by atoms with Crippen molar-refractivity contribution < 1.29 is 42.9 Å². The van der Waals surface area contributed by atoms with Crippen LogP contribution in [0.25, 0.3) is 0 Å². The summed E-state index contributed by atoms with van der Waals surface area (Å²) in [6.07, 6.45) is 7.66. The highest BCUT2D eigenvalue weighted by Gasteiger charge is 2.48. The molecule has 2 saturated carbocycles. The Morgan fingerprint density at radius 2 is 1.08 bits per heavy atom. The third-order valence-electron chi connectivity index (χ3n) is 5.08. The molecule has 0 heterocycles. The van der Waals surface area contributed by atoms with Crippen molar-refractivity contribution in [3.63, 3.8) is 0 Å². The van der Waals surface area contributed by atoms with Crippen LogP contribution in [-0.4, -0.2) is 42.0 Å². The molecule has 2 fully saturated rings. The number of phosphoric acid groups is 2. The van der Waals surface area contributed by atoms with Crippen molar-refractivity contribution >= 4 is 15.6 Å². The van der Waals surface area contributed by atoms with E-state index in [2.05, 4.69) is 0 Å². The minimum absolute atomic E-state index is 0.439. The van der Waals surface area contributed by atoms with Gasteiger partial charge in [0.2, 0.25) is 0 Å². The van der Waals surface area contributed by atoms with E-state index in [-0.39, 0.29) is 0 Å². The molecular weight excluding hydrogens is 386 g/mol. The van der Waals surface area contributed by atoms with E-state index in [0.29, 0.717) is 51.4 Å². The molecule has 0 radical (unpaired) electrons. The Morgan fingerprint density at radius 1 is 0.731 bits per heavy atom. The largest absolute Gasteiger partial charge is 0.470 e. The van der Waals surface area contributed by atoms with Gasteiger partial charge in [-0.25, -0.2) is 9.13 Å². The summed E-state index contributed by atoms with van der Waals surface area (Å²) in [5.41, 5.74) is -1.33. The van der Waals surface area contributed by atoms with Crippen molar-refractivity contribution in [3.8, 4) is 0 Å². The maximum absolute atomic E-state index is 10.9. The number of hydrogen-bond donors (Lipinski definition) is 5. The van der Waals surface area contributed by atoms with Gasteiger partial charge in [-0.3, -0.25) is 9.05 Å². The number of rotatable bonds is 14. The summed E-state index contributed by atoms with van der Waals surface area (Å²) >= 11 is 0. The summed E-state index contributed by atoms with van der Waals surface area (Å²) < 4.78 is 31.5. The maximum Gasteiger partial charge on any atom is 0.470 e. The standard InChI is InChI=1S/C15H30O9P2/c16-13(5-1-3-7-14(9-10-14)23-25(17,18)19)6-2-4-8-15(11-12-15)24-26(20,21)22/h13,16H,1-12H2,(H2,17,18,19)(H2,20,21,22). The summed E-state index contributed by atoms with van der Waals surface area (Å²) in [4.78, 5) is 35.5. The van der Waals surface area contributed by atoms with Gasteiger partial charge in [-0.05, 0) is 51.4 Å². The van der Waals surface area contributed by atoms with Crippen molar-refractivity contribution in [2.45, 2.75) is 94.4 Å². The molecule has 0 bridgehead atoms. The Labute approximate surface area is 153 Å². The van der Waals surface area contributed by atoms with Crippen LogP contribution in [0.4, 0.5) is 0 Å². The second-order valence-electron chi connectivity index (χ2n) is 7.68. The van der Waals surface area contributed by atoms with Gasteiger partial charge in [0, 0.05) is 0 Å². The molecule has 0 saturated heterocycles. The van der Waals surface area contributed by atoms with Crippen LogP contribution in [0.2, 0.25) is 0 Å². The second kappa shape index (κ2) is 8.68. The summed E-state index contributed by atoms with van der Waals surface area (Å²) in [7, 11) is -8.88. The number of aliphatic hydroxyl groups is 1. The highest BCUT2D eigenvalue weighted by Crippen LogP contribution is 2.55. The smallest absolute Gasteiger partial charge is 0.393 e. The molecule has 0 atom stereocenters. The number of phosphoric ester groups is 2. The van der Waals surface area contributed by atoms with Gasteiger partial charge >= 0.3 is 15.6 Å². The van der Waals surface area contributed by atoms with Gasteiger partial charge in [0.25, 0.3) is 0 Å². The van der Waals surface area contributed by atoms with E-state index in [4.69, 9.17) is 28.6 Å². The summed E-state index contributed by atoms with van der Waals surface area (Å²) in [5.74, 6) is 0. The van der Waals surface area contributed by atoms with Crippen LogP contribution < -0.4 is 0 Å². The molecule has 0 unspecified atom stereocenters. The molecule has 0 spiro atoms. The fraction of sp³-hybridized carbons (Fsp3) is 1.00. The van der Waals surface area contributed by atoms with Crippen molar-refractivity contribution in [2.75, 3.05) is 0 Å². The van der Waals surface area contributed by atoms with Gasteiger partial charge in [0.1, 0.15) is 0 Å². The Morgan fingerprint density at radius 3 is 1.35 bits per heavy atom. The van der Waals surface area contributed by atoms with E-state index < -0.39 is 33.0 Å². The van der Waals surface area contributed by atoms with Crippen LogP contribution in [0.1, 0.15) is 77.0 Å². The summed E-state index contributed by atoms with van der Waals surface area (Å²) in [6.45, 7) is 0. The third-order valence-corrected chi connectivity index (χ3v) is 6.33. The highest BCUT2D eigenvalue weighted by molar-refractivity contribution is 7.46. The number of aliphatic hydroxyl groups excluding tert-OH is 1. The minimum atomic E-state index is -4.44. The molecule has 0 aromatic carbocycles. The fourth-order valence-electron chi connectivity index (χ4n) is 3.36. The van der Waals surface area contributed by atoms with E-state index in [0.717, 1.165) is 25.7 Å². The minimum Gasteiger partial charge on any atom is -0.393 e. The zero-order valence-electron chi connectivity index (χ0n) is 14.8. The van der Waals surface area contributed by atoms with Crippen LogP contribution in [0.5, 0.6) is 0 Å². The lowest BCUT2D eigenvalue weighted by molar-refractivity contribution is 0.100. The fourth-order valence-corrected chi connectivity index (χ4v) is 4.91. The van der Waals surface area contributed by atoms with Crippen LogP contribution >= 0.6 is 15.6 Å². The molecule has 0 aromatic heterocycles. The molecule has 154 valence electrons. The van der Waals surface area contributed by atoms with Crippen molar-refractivity contribution in [1.82, 2.24) is 0 Å². The highest BCUT2D eigenvalue weighted by atomic mass is 31.2.